The summed E-state index contributed by atoms with van der Waals surface area (Å²) in [5, 5.41) is 0. The van der Waals surface area contributed by atoms with Crippen LogP contribution in [0.15, 0.2) is 0 Å². The van der Waals surface area contributed by atoms with Gasteiger partial charge in [0.2, 0.25) is 0 Å². The van der Waals surface area contributed by atoms with Crippen LogP contribution < -0.4 is 0 Å². The van der Waals surface area contributed by atoms with Crippen LogP contribution in [-0.4, -0.2) is 23.4 Å². The third-order valence-electron chi connectivity index (χ3n) is 3.49. The van der Waals surface area contributed by atoms with E-state index in [4.69, 9.17) is 0 Å². The fourth-order valence-corrected chi connectivity index (χ4v) is 5.95. The second-order valence-electron chi connectivity index (χ2n) is 5.24. The van der Waals surface area contributed by atoms with Crippen LogP contribution in [0.2, 0.25) is 0 Å². The topological polar surface area (TPSA) is 20.2 Å². The molecule has 0 spiro atoms. The Morgan fingerprint density at radius 1 is 0.625 bits per heavy atom. The average Bonchev–Trinajstić information content (AvgIpc) is 2.30. The van der Waals surface area contributed by atoms with Crippen LogP contribution in [0.4, 0.5) is 0 Å². The van der Waals surface area contributed by atoms with Crippen LogP contribution >= 0.6 is 7.49 Å². The summed E-state index contributed by atoms with van der Waals surface area (Å²) >= 11 is 0. The molecule has 0 fully saturated rings. The van der Waals surface area contributed by atoms with E-state index in [0.717, 1.165) is 18.5 Å². The van der Waals surface area contributed by atoms with Crippen LogP contribution in [0.5, 0.6) is 0 Å². The molecule has 0 saturated heterocycles. The predicted octanol–water partition coefficient (Wildman–Crippen LogP) is 4.82. The van der Waals surface area contributed by atoms with E-state index in [2.05, 4.69) is 20.8 Å². The van der Waals surface area contributed by atoms with Crippen LogP contribution in [0.25, 0.3) is 0 Å². The Morgan fingerprint density at radius 3 is 1.50 bits per heavy atom. The van der Waals surface area contributed by atoms with Crippen molar-refractivity contribution in [3.05, 3.63) is 0 Å². The van der Waals surface area contributed by atoms with Gasteiger partial charge in [-0.25, -0.2) is 0 Å². The van der Waals surface area contributed by atoms with Gasteiger partial charge in [-0.15, -0.1) is 0 Å². The summed E-state index contributed by atoms with van der Waals surface area (Å²) in [6, 6.07) is 0. The van der Waals surface area contributed by atoms with Gasteiger partial charge < -0.3 is 0 Å². The first-order valence-corrected chi connectivity index (χ1v) is 9.97. The first-order chi connectivity index (χ1) is 7.68. The Morgan fingerprint density at radius 2 is 1.06 bits per heavy atom. The van der Waals surface area contributed by atoms with Crippen molar-refractivity contribution < 1.29 is 4.89 Å². The van der Waals surface area contributed by atoms with Crippen molar-refractivity contribution in [3.63, 3.8) is 0 Å². The molecule has 100 valence electrons. The number of rotatable bonds is 11. The van der Waals surface area contributed by atoms with Gasteiger partial charge in [0.1, 0.15) is 0 Å². The summed E-state index contributed by atoms with van der Waals surface area (Å²) in [5.74, 6) is 0. The molecule has 2 heteroatoms. The molecule has 0 aliphatic heterocycles. The maximum atomic E-state index is 10.7. The molecule has 0 aromatic rings. The number of unbranched alkanes of at least 4 members (excludes halogenated alkanes) is 5. The SMILES string of the molecule is CCCCCC[PH](O)(CCCC)CCCC. The Balaban J connectivity index is 3.86. The van der Waals surface area contributed by atoms with E-state index in [9.17, 15) is 4.89 Å². The van der Waals surface area contributed by atoms with Crippen LogP contribution in [-0.2, 0) is 0 Å². The fourth-order valence-electron chi connectivity index (χ4n) is 2.27. The molecule has 1 nitrogen and oxygen atoms in total. The molecule has 0 heterocycles. The van der Waals surface area contributed by atoms with Gasteiger partial charge in [-0.05, 0) is 0 Å². The van der Waals surface area contributed by atoms with Gasteiger partial charge in [0.25, 0.3) is 0 Å². The second-order valence-corrected chi connectivity index (χ2v) is 9.19. The van der Waals surface area contributed by atoms with Gasteiger partial charge >= 0.3 is 103 Å². The average molecular weight is 248 g/mol. The molecule has 0 bridgehead atoms. The quantitative estimate of drug-likeness (QED) is 0.410. The molecule has 1 N–H and O–H groups in total. The Kier molecular flexibility index (Phi) is 10.8. The molecule has 0 aliphatic rings. The van der Waals surface area contributed by atoms with Crippen molar-refractivity contribution in [2.24, 2.45) is 0 Å². The molecular weight excluding hydrogens is 215 g/mol. The van der Waals surface area contributed by atoms with Crippen molar-refractivity contribution in [2.45, 2.75) is 72.1 Å². The zero-order valence-corrected chi connectivity index (χ0v) is 12.7. The third kappa shape index (κ3) is 8.53. The number of hydrogen-bond acceptors (Lipinski definition) is 1. The van der Waals surface area contributed by atoms with E-state index in [1.807, 2.05) is 0 Å². The molecule has 16 heavy (non-hydrogen) atoms. The van der Waals surface area contributed by atoms with E-state index in [-0.39, 0.29) is 0 Å². The summed E-state index contributed by atoms with van der Waals surface area (Å²) in [7, 11) is -1.84. The van der Waals surface area contributed by atoms with Crippen molar-refractivity contribution in [2.75, 3.05) is 18.5 Å². The van der Waals surface area contributed by atoms with Gasteiger partial charge in [-0.1, -0.05) is 0 Å². The predicted molar refractivity (Wildman–Crippen MR) is 79.1 cm³/mol. The monoisotopic (exact) mass is 248 g/mol. The Labute approximate surface area is 103 Å². The molecule has 0 saturated carbocycles. The van der Waals surface area contributed by atoms with E-state index in [0.29, 0.717) is 0 Å². The molecule has 0 atom stereocenters. The van der Waals surface area contributed by atoms with Crippen molar-refractivity contribution in [1.29, 1.82) is 0 Å². The normalized spacial score (nSPS) is 13.0. The first kappa shape index (κ1) is 16.4. The molecule has 0 aromatic heterocycles. The Hall–Kier alpha value is 0.390. The Bertz CT molecular complexity index is 140. The van der Waals surface area contributed by atoms with E-state index >= 15 is 0 Å². The fraction of sp³-hybridized carbons (Fsp3) is 1.00. The minimum atomic E-state index is -1.84. The second kappa shape index (κ2) is 10.5. The van der Waals surface area contributed by atoms with E-state index in [1.54, 1.807) is 0 Å². The zero-order chi connectivity index (χ0) is 12.3. The van der Waals surface area contributed by atoms with Gasteiger partial charge in [0.05, 0.1) is 0 Å². The number of hydrogen-bond donors (Lipinski definition) is 1. The third-order valence-corrected chi connectivity index (χ3v) is 7.34. The minimum absolute atomic E-state index is 1.15. The zero-order valence-electron chi connectivity index (χ0n) is 11.7. The summed E-state index contributed by atoms with van der Waals surface area (Å²) in [6.07, 6.45) is 13.6. The molecular formula is C14H33OP. The van der Waals surface area contributed by atoms with Gasteiger partial charge in [-0.3, -0.25) is 0 Å². The molecule has 0 aliphatic carbocycles. The molecule has 0 radical (unpaired) electrons. The van der Waals surface area contributed by atoms with Gasteiger partial charge in [-0.2, -0.15) is 0 Å². The van der Waals surface area contributed by atoms with Crippen LogP contribution in [0, 0.1) is 0 Å². The first-order valence-electron chi connectivity index (χ1n) is 7.41. The van der Waals surface area contributed by atoms with Crippen LogP contribution in [0.3, 0.4) is 0 Å². The van der Waals surface area contributed by atoms with E-state index < -0.39 is 7.49 Å². The molecule has 0 amide bonds. The van der Waals surface area contributed by atoms with Gasteiger partial charge in [0, 0.05) is 0 Å². The summed E-state index contributed by atoms with van der Waals surface area (Å²) < 4.78 is 0. The van der Waals surface area contributed by atoms with Crippen molar-refractivity contribution in [1.82, 2.24) is 0 Å². The molecule has 0 rings (SSSR count). The molecule has 0 aromatic carbocycles. The standard InChI is InChI=1S/C14H33OP/c1-4-7-10-11-14-16(15,12-8-5-2)13-9-6-3/h15-16H,4-14H2,1-3H3. The van der Waals surface area contributed by atoms with Gasteiger partial charge in [0.15, 0.2) is 0 Å². The van der Waals surface area contributed by atoms with E-state index in [1.165, 1.54) is 51.4 Å². The summed E-state index contributed by atoms with van der Waals surface area (Å²) in [5.41, 5.74) is 0. The van der Waals surface area contributed by atoms with Crippen molar-refractivity contribution in [3.8, 4) is 0 Å². The maximum absolute atomic E-state index is 10.7. The summed E-state index contributed by atoms with van der Waals surface area (Å²) in [4.78, 5) is 10.7. The van der Waals surface area contributed by atoms with Crippen LogP contribution in [0.1, 0.15) is 72.1 Å². The molecule has 0 unspecified atom stereocenters. The summed E-state index contributed by atoms with van der Waals surface area (Å²) in [6.45, 7) is 6.70. The van der Waals surface area contributed by atoms with Crippen molar-refractivity contribution >= 4 is 7.49 Å².